The van der Waals surface area contributed by atoms with Crippen molar-refractivity contribution in [1.29, 1.82) is 0 Å². The largest absolute Gasteiger partial charge is 0.363 e. The number of pyridine rings is 1. The van der Waals surface area contributed by atoms with E-state index in [4.69, 9.17) is 0 Å². The molecule has 1 saturated heterocycles. The van der Waals surface area contributed by atoms with Crippen molar-refractivity contribution in [3.05, 3.63) is 35.8 Å². The van der Waals surface area contributed by atoms with Gasteiger partial charge in [0.15, 0.2) is 0 Å². The first-order valence-electron chi connectivity index (χ1n) is 8.96. The molecule has 3 heterocycles. The van der Waals surface area contributed by atoms with Gasteiger partial charge in [-0.15, -0.1) is 5.10 Å². The Morgan fingerprint density at radius 3 is 2.80 bits per heavy atom. The molecular weight excluding hydrogens is 316 g/mol. The number of aromatic nitrogens is 4. The molecule has 0 radical (unpaired) electrons. The van der Waals surface area contributed by atoms with E-state index in [-0.39, 0.29) is 11.9 Å². The fourth-order valence-electron chi connectivity index (χ4n) is 3.42. The maximum Gasteiger partial charge on any atom is 0.255 e. The molecule has 1 aliphatic carbocycles. The summed E-state index contributed by atoms with van der Waals surface area (Å²) in [5.41, 5.74) is 1.74. The molecule has 2 aromatic rings. The monoisotopic (exact) mass is 340 g/mol. The second kappa shape index (κ2) is 6.46. The predicted molar refractivity (Wildman–Crippen MR) is 94.6 cm³/mol. The number of amides is 1. The fraction of sp³-hybridized carbons (Fsp3) is 0.556. The van der Waals surface area contributed by atoms with Crippen LogP contribution in [0.15, 0.2) is 24.5 Å². The number of rotatable bonds is 5. The summed E-state index contributed by atoms with van der Waals surface area (Å²) in [5.74, 6) is 1.52. The summed E-state index contributed by atoms with van der Waals surface area (Å²) >= 11 is 0. The molecule has 7 nitrogen and oxygen atoms in total. The van der Waals surface area contributed by atoms with Crippen LogP contribution in [0, 0.1) is 0 Å². The molecule has 0 spiro atoms. The summed E-state index contributed by atoms with van der Waals surface area (Å²) in [4.78, 5) is 21.1. The topological polar surface area (TPSA) is 67.2 Å². The highest BCUT2D eigenvalue weighted by molar-refractivity contribution is 5.94. The Bertz CT molecular complexity index is 749. The summed E-state index contributed by atoms with van der Waals surface area (Å²) in [5, 5.41) is 8.52. The number of likely N-dealkylation sites (tertiary alicyclic amines) is 1. The van der Waals surface area contributed by atoms with Crippen LogP contribution in [-0.4, -0.2) is 57.5 Å². The summed E-state index contributed by atoms with van der Waals surface area (Å²) in [7, 11) is 3.88. The molecule has 1 amide bonds. The average molecular weight is 340 g/mol. The Balaban J connectivity index is 1.45. The molecule has 0 bridgehead atoms. The summed E-state index contributed by atoms with van der Waals surface area (Å²) in [6, 6.07) is 3.92. The summed E-state index contributed by atoms with van der Waals surface area (Å²) in [6.45, 7) is 1.51. The van der Waals surface area contributed by atoms with Gasteiger partial charge in [-0.2, -0.15) is 0 Å². The standard InChI is InChI=1S/C18H24N6O/c1-22(2)17-8-7-14(10-19-17)18(25)24-9-3-4-15(24)11-23-12-16(20-21-23)13-5-6-13/h7-8,10,12-13,15H,3-6,9,11H2,1-2H3/t15-/m0/s1. The number of nitrogens with zero attached hydrogens (tertiary/aromatic N) is 6. The molecule has 7 heteroatoms. The third-order valence-electron chi connectivity index (χ3n) is 5.04. The van der Waals surface area contributed by atoms with E-state index in [2.05, 4.69) is 15.3 Å². The van der Waals surface area contributed by atoms with Gasteiger partial charge >= 0.3 is 0 Å². The van der Waals surface area contributed by atoms with Gasteiger partial charge in [0, 0.05) is 39.0 Å². The lowest BCUT2D eigenvalue weighted by atomic mass is 10.2. The zero-order chi connectivity index (χ0) is 17.4. The second-order valence-electron chi connectivity index (χ2n) is 7.23. The average Bonchev–Trinajstić information content (AvgIpc) is 3.19. The third kappa shape index (κ3) is 3.36. The molecule has 132 valence electrons. The van der Waals surface area contributed by atoms with Crippen molar-refractivity contribution in [2.24, 2.45) is 0 Å². The maximum absolute atomic E-state index is 12.9. The van der Waals surface area contributed by atoms with Crippen LogP contribution < -0.4 is 4.90 Å². The highest BCUT2D eigenvalue weighted by atomic mass is 16.2. The van der Waals surface area contributed by atoms with Gasteiger partial charge in [-0.25, -0.2) is 4.98 Å². The van der Waals surface area contributed by atoms with Crippen molar-refractivity contribution in [2.75, 3.05) is 25.5 Å². The van der Waals surface area contributed by atoms with E-state index in [1.165, 1.54) is 12.8 Å². The van der Waals surface area contributed by atoms with Gasteiger partial charge in [0.1, 0.15) is 5.82 Å². The van der Waals surface area contributed by atoms with Gasteiger partial charge in [-0.3, -0.25) is 9.48 Å². The zero-order valence-electron chi connectivity index (χ0n) is 14.8. The minimum Gasteiger partial charge on any atom is -0.363 e. The molecule has 1 aliphatic heterocycles. The van der Waals surface area contributed by atoms with Crippen LogP contribution in [-0.2, 0) is 6.54 Å². The first-order valence-corrected chi connectivity index (χ1v) is 8.96. The van der Waals surface area contributed by atoms with Gasteiger partial charge in [-0.05, 0) is 37.8 Å². The van der Waals surface area contributed by atoms with E-state index in [1.54, 1.807) is 6.20 Å². The van der Waals surface area contributed by atoms with E-state index in [0.717, 1.165) is 30.9 Å². The molecule has 1 saturated carbocycles. The first-order chi connectivity index (χ1) is 12.1. The van der Waals surface area contributed by atoms with E-state index >= 15 is 0 Å². The third-order valence-corrected chi connectivity index (χ3v) is 5.04. The van der Waals surface area contributed by atoms with Gasteiger partial charge in [0.25, 0.3) is 5.91 Å². The molecule has 0 N–H and O–H groups in total. The Morgan fingerprint density at radius 1 is 1.28 bits per heavy atom. The van der Waals surface area contributed by atoms with Crippen molar-refractivity contribution in [2.45, 2.75) is 44.2 Å². The highest BCUT2D eigenvalue weighted by Gasteiger charge is 2.31. The molecule has 1 atom stereocenters. The van der Waals surface area contributed by atoms with Crippen LogP contribution in [0.2, 0.25) is 0 Å². The number of hydrogen-bond acceptors (Lipinski definition) is 5. The lowest BCUT2D eigenvalue weighted by molar-refractivity contribution is 0.0721. The van der Waals surface area contributed by atoms with Crippen LogP contribution in [0.5, 0.6) is 0 Å². The van der Waals surface area contributed by atoms with Crippen molar-refractivity contribution >= 4 is 11.7 Å². The van der Waals surface area contributed by atoms with E-state index in [0.29, 0.717) is 18.0 Å². The number of anilines is 1. The van der Waals surface area contributed by atoms with Crippen molar-refractivity contribution in [1.82, 2.24) is 24.9 Å². The minimum absolute atomic E-state index is 0.0582. The van der Waals surface area contributed by atoms with Crippen molar-refractivity contribution < 1.29 is 4.79 Å². The van der Waals surface area contributed by atoms with Gasteiger partial charge in [0.2, 0.25) is 0 Å². The normalized spacial score (nSPS) is 20.1. The molecule has 0 aromatic carbocycles. The fourth-order valence-corrected chi connectivity index (χ4v) is 3.42. The minimum atomic E-state index is 0.0582. The SMILES string of the molecule is CN(C)c1ccc(C(=O)N2CCC[C@H]2Cn2cc(C3CC3)nn2)cn1. The lowest BCUT2D eigenvalue weighted by Crippen LogP contribution is -2.38. The molecule has 2 aromatic heterocycles. The summed E-state index contributed by atoms with van der Waals surface area (Å²) < 4.78 is 1.90. The van der Waals surface area contributed by atoms with Gasteiger partial charge < -0.3 is 9.80 Å². The quantitative estimate of drug-likeness (QED) is 0.832. The second-order valence-corrected chi connectivity index (χ2v) is 7.23. The van der Waals surface area contributed by atoms with Gasteiger partial charge in [-0.1, -0.05) is 5.21 Å². The number of carbonyl (C=O) groups is 1. The Hall–Kier alpha value is -2.44. The lowest BCUT2D eigenvalue weighted by Gasteiger charge is -2.24. The predicted octanol–water partition coefficient (Wildman–Crippen LogP) is 1.92. The number of hydrogen-bond donors (Lipinski definition) is 0. The van der Waals surface area contributed by atoms with Crippen LogP contribution >= 0.6 is 0 Å². The molecule has 25 heavy (non-hydrogen) atoms. The van der Waals surface area contributed by atoms with Crippen LogP contribution in [0.25, 0.3) is 0 Å². The Labute approximate surface area is 147 Å². The summed E-state index contributed by atoms with van der Waals surface area (Å²) in [6.07, 6.45) is 8.21. The molecule has 2 aliphatic rings. The van der Waals surface area contributed by atoms with Crippen LogP contribution in [0.3, 0.4) is 0 Å². The molecule has 4 rings (SSSR count). The van der Waals surface area contributed by atoms with E-state index in [1.807, 2.05) is 46.9 Å². The smallest absolute Gasteiger partial charge is 0.255 e. The van der Waals surface area contributed by atoms with Crippen LogP contribution in [0.1, 0.15) is 47.7 Å². The van der Waals surface area contributed by atoms with E-state index in [9.17, 15) is 4.79 Å². The molecule has 2 fully saturated rings. The van der Waals surface area contributed by atoms with Crippen LogP contribution in [0.4, 0.5) is 5.82 Å². The molecule has 0 unspecified atom stereocenters. The number of carbonyl (C=O) groups excluding carboxylic acids is 1. The van der Waals surface area contributed by atoms with Crippen molar-refractivity contribution in [3.8, 4) is 0 Å². The van der Waals surface area contributed by atoms with Crippen molar-refractivity contribution in [3.63, 3.8) is 0 Å². The Morgan fingerprint density at radius 2 is 2.12 bits per heavy atom. The van der Waals surface area contributed by atoms with Gasteiger partial charge in [0.05, 0.1) is 23.8 Å². The molecular formula is C18H24N6O. The maximum atomic E-state index is 12.9. The highest BCUT2D eigenvalue weighted by Crippen LogP contribution is 2.38. The van der Waals surface area contributed by atoms with E-state index < -0.39 is 0 Å². The Kier molecular flexibility index (Phi) is 4.15. The zero-order valence-corrected chi connectivity index (χ0v) is 14.8. The first kappa shape index (κ1) is 16.1.